The lowest BCUT2D eigenvalue weighted by atomic mass is 9.73. The summed E-state index contributed by atoms with van der Waals surface area (Å²) in [5.41, 5.74) is 3.55. The average molecular weight is 511 g/mol. The molecule has 38 heavy (non-hydrogen) atoms. The van der Waals surface area contributed by atoms with Gasteiger partial charge in [-0.15, -0.1) is 0 Å². The monoisotopic (exact) mass is 510 g/mol. The van der Waals surface area contributed by atoms with Gasteiger partial charge in [0.15, 0.2) is 0 Å². The summed E-state index contributed by atoms with van der Waals surface area (Å²) in [5, 5.41) is 13.2. The van der Waals surface area contributed by atoms with E-state index in [1.807, 2.05) is 12.1 Å². The molecule has 6 nitrogen and oxygen atoms in total. The highest BCUT2D eigenvalue weighted by Crippen LogP contribution is 2.34. The van der Waals surface area contributed by atoms with E-state index < -0.39 is 0 Å². The van der Waals surface area contributed by atoms with Crippen LogP contribution in [0.1, 0.15) is 57.5 Å². The summed E-state index contributed by atoms with van der Waals surface area (Å²) in [7, 11) is 0. The van der Waals surface area contributed by atoms with E-state index in [1.54, 1.807) is 24.3 Å². The van der Waals surface area contributed by atoms with Crippen LogP contribution in [-0.2, 0) is 10.8 Å². The second-order valence-electron chi connectivity index (χ2n) is 10.7. The van der Waals surface area contributed by atoms with E-state index >= 15 is 0 Å². The lowest BCUT2D eigenvalue weighted by Crippen LogP contribution is -2.47. The second kappa shape index (κ2) is 11.9. The minimum absolute atomic E-state index is 0.0641. The van der Waals surface area contributed by atoms with Crippen molar-refractivity contribution in [2.24, 2.45) is 0 Å². The Morgan fingerprint density at radius 3 is 1.24 bits per heavy atom. The van der Waals surface area contributed by atoms with Gasteiger partial charge in [-0.1, -0.05) is 60.7 Å². The third-order valence-corrected chi connectivity index (χ3v) is 8.48. The highest BCUT2D eigenvalue weighted by Gasteiger charge is 2.35. The van der Waals surface area contributed by atoms with Crippen LogP contribution < -0.4 is 21.3 Å². The average Bonchev–Trinajstić information content (AvgIpc) is 3.00. The summed E-state index contributed by atoms with van der Waals surface area (Å²) in [4.78, 5) is 26.1. The van der Waals surface area contributed by atoms with Crippen LogP contribution in [0, 0.1) is 0 Å². The first-order valence-corrected chi connectivity index (χ1v) is 13.8. The molecule has 2 aliphatic heterocycles. The van der Waals surface area contributed by atoms with Crippen LogP contribution in [0.3, 0.4) is 0 Å². The fourth-order valence-electron chi connectivity index (χ4n) is 6.01. The Hall–Kier alpha value is -3.48. The topological polar surface area (TPSA) is 82.3 Å². The highest BCUT2D eigenvalue weighted by molar-refractivity contribution is 5.97. The van der Waals surface area contributed by atoms with Gasteiger partial charge in [0.2, 0.25) is 0 Å². The smallest absolute Gasteiger partial charge is 0.251 e. The molecule has 2 saturated heterocycles. The molecule has 0 unspecified atom stereocenters. The molecule has 0 atom stereocenters. The van der Waals surface area contributed by atoms with Crippen molar-refractivity contribution >= 4 is 11.8 Å². The van der Waals surface area contributed by atoms with E-state index in [-0.39, 0.29) is 22.6 Å². The summed E-state index contributed by atoms with van der Waals surface area (Å²) in [6, 6.07) is 28.0. The van der Waals surface area contributed by atoms with E-state index in [9.17, 15) is 9.59 Å². The Kier molecular flexibility index (Phi) is 8.20. The summed E-state index contributed by atoms with van der Waals surface area (Å²) in [6.07, 6.45) is 3.93. The lowest BCUT2D eigenvalue weighted by Gasteiger charge is -2.38. The predicted octanol–water partition coefficient (Wildman–Crippen LogP) is 3.79. The van der Waals surface area contributed by atoms with Gasteiger partial charge >= 0.3 is 0 Å². The minimum atomic E-state index is -0.108. The zero-order valence-electron chi connectivity index (χ0n) is 22.0. The number of nitrogens with one attached hydrogen (secondary N) is 4. The van der Waals surface area contributed by atoms with Gasteiger partial charge in [0.05, 0.1) is 0 Å². The Morgan fingerprint density at radius 2 is 0.895 bits per heavy atom. The summed E-state index contributed by atoms with van der Waals surface area (Å²) in [5.74, 6) is -0.216. The van der Waals surface area contributed by atoms with Gasteiger partial charge in [0.25, 0.3) is 11.8 Å². The van der Waals surface area contributed by atoms with Crippen LogP contribution in [0.25, 0.3) is 0 Å². The Morgan fingerprint density at radius 1 is 0.553 bits per heavy atom. The largest absolute Gasteiger partial charge is 0.351 e. The molecular weight excluding hydrogens is 472 g/mol. The molecule has 4 N–H and O–H groups in total. The van der Waals surface area contributed by atoms with Crippen molar-refractivity contribution in [3.63, 3.8) is 0 Å². The van der Waals surface area contributed by atoms with Gasteiger partial charge < -0.3 is 21.3 Å². The van der Waals surface area contributed by atoms with Gasteiger partial charge in [0.1, 0.15) is 0 Å². The number of rotatable bonds is 8. The van der Waals surface area contributed by atoms with Crippen molar-refractivity contribution in [3.8, 4) is 0 Å². The van der Waals surface area contributed by atoms with Crippen molar-refractivity contribution in [3.05, 3.63) is 107 Å². The number of amides is 2. The fourth-order valence-corrected chi connectivity index (χ4v) is 6.01. The Balaban J connectivity index is 1.21. The Labute approximate surface area is 225 Å². The first kappa shape index (κ1) is 26.1. The third kappa shape index (κ3) is 5.82. The standard InChI is InChI=1S/C32H38N4O2/c37-29(35-23-31(15-19-33-20-16-31)27-7-3-1-4-8-27)25-11-13-26(14-12-25)30(38)36-24-32(17-21-34-22-18-32)28-9-5-2-6-10-28/h1-14,33-34H,15-24H2,(H,35,37)(H,36,38). The number of benzene rings is 3. The molecule has 0 aliphatic carbocycles. The molecule has 6 heteroatoms. The van der Waals surface area contributed by atoms with Crippen LogP contribution >= 0.6 is 0 Å². The molecule has 2 amide bonds. The quantitative estimate of drug-likeness (QED) is 0.372. The first-order chi connectivity index (χ1) is 18.6. The van der Waals surface area contributed by atoms with Gasteiger partial charge in [-0.3, -0.25) is 9.59 Å². The molecule has 198 valence electrons. The molecule has 2 aliphatic rings. The molecule has 0 radical (unpaired) electrons. The van der Waals surface area contributed by atoms with Crippen molar-refractivity contribution in [2.45, 2.75) is 36.5 Å². The van der Waals surface area contributed by atoms with Gasteiger partial charge in [-0.05, 0) is 87.3 Å². The summed E-state index contributed by atoms with van der Waals surface area (Å²) < 4.78 is 0. The van der Waals surface area contributed by atoms with Crippen LogP contribution in [0.15, 0.2) is 84.9 Å². The zero-order chi connectivity index (χ0) is 26.3. The minimum Gasteiger partial charge on any atom is -0.351 e. The lowest BCUT2D eigenvalue weighted by molar-refractivity contribution is 0.0926. The van der Waals surface area contributed by atoms with Gasteiger partial charge in [0, 0.05) is 35.0 Å². The second-order valence-corrected chi connectivity index (χ2v) is 10.7. The van der Waals surface area contributed by atoms with Crippen molar-refractivity contribution in [2.75, 3.05) is 39.3 Å². The molecule has 0 spiro atoms. The molecule has 3 aromatic rings. The van der Waals surface area contributed by atoms with Crippen molar-refractivity contribution < 1.29 is 9.59 Å². The van der Waals surface area contributed by atoms with Gasteiger partial charge in [-0.2, -0.15) is 0 Å². The molecule has 5 rings (SSSR count). The molecular formula is C32H38N4O2. The number of carbonyl (C=O) groups is 2. The maximum Gasteiger partial charge on any atom is 0.251 e. The fraction of sp³-hybridized carbons (Fsp3) is 0.375. The third-order valence-electron chi connectivity index (χ3n) is 8.48. The van der Waals surface area contributed by atoms with Gasteiger partial charge in [-0.25, -0.2) is 0 Å². The highest BCUT2D eigenvalue weighted by atomic mass is 16.2. The number of piperidine rings is 2. The molecule has 0 aromatic heterocycles. The van der Waals surface area contributed by atoms with E-state index in [0.717, 1.165) is 51.9 Å². The molecule has 0 saturated carbocycles. The van der Waals surface area contributed by atoms with Crippen molar-refractivity contribution in [1.29, 1.82) is 0 Å². The van der Waals surface area contributed by atoms with Crippen LogP contribution in [0.5, 0.6) is 0 Å². The normalized spacial score (nSPS) is 18.3. The van der Waals surface area contributed by atoms with E-state index in [1.165, 1.54) is 11.1 Å². The van der Waals surface area contributed by atoms with E-state index in [2.05, 4.69) is 69.8 Å². The summed E-state index contributed by atoms with van der Waals surface area (Å²) in [6.45, 7) is 4.95. The summed E-state index contributed by atoms with van der Waals surface area (Å²) >= 11 is 0. The molecule has 3 aromatic carbocycles. The van der Waals surface area contributed by atoms with E-state index in [4.69, 9.17) is 0 Å². The van der Waals surface area contributed by atoms with E-state index in [0.29, 0.717) is 24.2 Å². The van der Waals surface area contributed by atoms with Crippen LogP contribution in [0.4, 0.5) is 0 Å². The Bertz CT molecular complexity index is 1100. The number of hydrogen-bond acceptors (Lipinski definition) is 4. The molecule has 0 bridgehead atoms. The number of hydrogen-bond donors (Lipinski definition) is 4. The molecule has 2 fully saturated rings. The maximum atomic E-state index is 13.0. The SMILES string of the molecule is O=C(NCC1(c2ccccc2)CCNCC1)c1ccc(C(=O)NCC2(c3ccccc3)CCNCC2)cc1. The van der Waals surface area contributed by atoms with Crippen LogP contribution in [0.2, 0.25) is 0 Å². The number of carbonyl (C=O) groups excluding carboxylic acids is 2. The predicted molar refractivity (Wildman–Crippen MR) is 152 cm³/mol. The maximum absolute atomic E-state index is 13.0. The van der Waals surface area contributed by atoms with Crippen LogP contribution in [-0.4, -0.2) is 51.1 Å². The van der Waals surface area contributed by atoms with Crippen molar-refractivity contribution in [1.82, 2.24) is 21.3 Å². The zero-order valence-corrected chi connectivity index (χ0v) is 22.0. The molecule has 2 heterocycles. The first-order valence-electron chi connectivity index (χ1n) is 13.8.